The molecule has 72 valence electrons. The summed E-state index contributed by atoms with van der Waals surface area (Å²) in [7, 11) is 1.54. The maximum absolute atomic E-state index is 4.89. The Bertz CT molecular complexity index is 422. The fraction of sp³-hybridized carbons (Fsp3) is 0.250. The number of ether oxygens (including phenoxy) is 1. The van der Waals surface area contributed by atoms with Crippen LogP contribution in [0.5, 0.6) is 5.88 Å². The summed E-state index contributed by atoms with van der Waals surface area (Å²) in [6.45, 7) is 1.86. The highest BCUT2D eigenvalue weighted by Gasteiger charge is 2.01. The smallest absolute Gasteiger partial charge is 0.232 e. The summed E-state index contributed by atoms with van der Waals surface area (Å²) in [6, 6.07) is 0. The Morgan fingerprint density at radius 1 is 1.21 bits per heavy atom. The van der Waals surface area contributed by atoms with Crippen LogP contribution in [0.3, 0.4) is 0 Å². The monoisotopic (exact) mass is 191 g/mol. The van der Waals surface area contributed by atoms with Gasteiger partial charge < -0.3 is 4.74 Å². The summed E-state index contributed by atoms with van der Waals surface area (Å²) in [5.74, 6) is 1.04. The summed E-state index contributed by atoms with van der Waals surface area (Å²) in [5, 5.41) is 8.10. The minimum Gasteiger partial charge on any atom is -0.480 e. The lowest BCUT2D eigenvalue weighted by molar-refractivity contribution is 0.395. The predicted molar refractivity (Wildman–Crippen MR) is 48.2 cm³/mol. The van der Waals surface area contributed by atoms with Gasteiger partial charge in [0, 0.05) is 0 Å². The van der Waals surface area contributed by atoms with E-state index in [4.69, 9.17) is 4.74 Å². The van der Waals surface area contributed by atoms with E-state index < -0.39 is 0 Å². The van der Waals surface area contributed by atoms with Crippen LogP contribution in [0.4, 0.5) is 0 Å². The molecule has 0 fully saturated rings. The average molecular weight is 191 g/mol. The van der Waals surface area contributed by atoms with Gasteiger partial charge in [-0.15, -0.1) is 4.80 Å². The lowest BCUT2D eigenvalue weighted by Crippen LogP contribution is -2.02. The predicted octanol–water partition coefficient (Wildman–Crippen LogP) is 0.374. The minimum absolute atomic E-state index is 0.470. The van der Waals surface area contributed by atoms with E-state index in [0.717, 1.165) is 5.69 Å². The number of rotatable bonds is 2. The van der Waals surface area contributed by atoms with Crippen molar-refractivity contribution >= 4 is 0 Å². The lowest BCUT2D eigenvalue weighted by Gasteiger charge is -1.99. The van der Waals surface area contributed by atoms with Crippen molar-refractivity contribution in [2.45, 2.75) is 6.92 Å². The molecule has 0 unspecified atom stereocenters. The van der Waals surface area contributed by atoms with Crippen molar-refractivity contribution in [3.63, 3.8) is 0 Å². The molecule has 0 aromatic carbocycles. The lowest BCUT2D eigenvalue weighted by atomic mass is 10.6. The van der Waals surface area contributed by atoms with Crippen LogP contribution in [0.1, 0.15) is 5.69 Å². The SMILES string of the molecule is COc1cnc(-n2ncc(C)n2)cn1. The van der Waals surface area contributed by atoms with Gasteiger partial charge in [-0.05, 0) is 6.92 Å². The molecule has 0 N–H and O–H groups in total. The highest BCUT2D eigenvalue weighted by Crippen LogP contribution is 2.05. The van der Waals surface area contributed by atoms with Gasteiger partial charge in [0.25, 0.3) is 0 Å². The van der Waals surface area contributed by atoms with E-state index in [9.17, 15) is 0 Å². The standard InChI is InChI=1S/C8H9N5O/c1-6-3-11-13(12-6)7-4-10-8(14-2)5-9-7/h3-5H,1-2H3. The van der Waals surface area contributed by atoms with Gasteiger partial charge in [-0.1, -0.05) is 0 Å². The van der Waals surface area contributed by atoms with E-state index in [2.05, 4.69) is 20.2 Å². The molecule has 0 spiro atoms. The second-order valence-electron chi connectivity index (χ2n) is 2.69. The molecule has 0 aliphatic carbocycles. The van der Waals surface area contributed by atoms with Crippen LogP contribution < -0.4 is 4.74 Å². The molecular formula is C8H9N5O. The molecule has 0 saturated heterocycles. The summed E-state index contributed by atoms with van der Waals surface area (Å²) >= 11 is 0. The Morgan fingerprint density at radius 3 is 2.57 bits per heavy atom. The van der Waals surface area contributed by atoms with Crippen LogP contribution in [0.15, 0.2) is 18.6 Å². The van der Waals surface area contributed by atoms with Crippen molar-refractivity contribution in [1.29, 1.82) is 0 Å². The maximum atomic E-state index is 4.89. The molecule has 14 heavy (non-hydrogen) atoms. The fourth-order valence-electron chi connectivity index (χ4n) is 0.968. The van der Waals surface area contributed by atoms with E-state index >= 15 is 0 Å². The zero-order chi connectivity index (χ0) is 9.97. The van der Waals surface area contributed by atoms with Gasteiger partial charge in [-0.3, -0.25) is 0 Å². The van der Waals surface area contributed by atoms with Crippen LogP contribution in [-0.2, 0) is 0 Å². The molecule has 2 rings (SSSR count). The van der Waals surface area contributed by atoms with Crippen molar-refractivity contribution in [1.82, 2.24) is 25.0 Å². The van der Waals surface area contributed by atoms with E-state index in [0.29, 0.717) is 11.7 Å². The van der Waals surface area contributed by atoms with E-state index in [-0.39, 0.29) is 0 Å². The quantitative estimate of drug-likeness (QED) is 0.686. The van der Waals surface area contributed by atoms with Gasteiger partial charge >= 0.3 is 0 Å². The first-order valence-electron chi connectivity index (χ1n) is 4.05. The normalized spacial score (nSPS) is 10.1. The Morgan fingerprint density at radius 2 is 2.07 bits per heavy atom. The first-order chi connectivity index (χ1) is 6.79. The number of aryl methyl sites for hydroxylation is 1. The fourth-order valence-corrected chi connectivity index (χ4v) is 0.968. The second-order valence-corrected chi connectivity index (χ2v) is 2.69. The Hall–Kier alpha value is -1.98. The molecule has 0 saturated carbocycles. The van der Waals surface area contributed by atoms with Crippen molar-refractivity contribution in [3.05, 3.63) is 24.3 Å². The van der Waals surface area contributed by atoms with E-state index in [1.54, 1.807) is 19.5 Å². The summed E-state index contributed by atoms with van der Waals surface area (Å²) in [4.78, 5) is 9.50. The van der Waals surface area contributed by atoms with Crippen LogP contribution >= 0.6 is 0 Å². The number of hydrogen-bond acceptors (Lipinski definition) is 5. The highest BCUT2D eigenvalue weighted by molar-refractivity contribution is 5.17. The molecule has 0 amide bonds. The van der Waals surface area contributed by atoms with Crippen molar-refractivity contribution in [3.8, 4) is 11.7 Å². The van der Waals surface area contributed by atoms with Gasteiger partial charge in [0.05, 0.1) is 31.4 Å². The van der Waals surface area contributed by atoms with Crippen LogP contribution in [0, 0.1) is 6.92 Å². The molecule has 0 bridgehead atoms. The summed E-state index contributed by atoms with van der Waals surface area (Å²) in [6.07, 6.45) is 4.73. The molecule has 0 aliphatic rings. The Kier molecular flexibility index (Phi) is 2.10. The highest BCUT2D eigenvalue weighted by atomic mass is 16.5. The third-order valence-electron chi connectivity index (χ3n) is 1.63. The number of nitrogens with zero attached hydrogens (tertiary/aromatic N) is 5. The summed E-state index contributed by atoms with van der Waals surface area (Å²) < 4.78 is 4.89. The Labute approximate surface area is 80.6 Å². The molecule has 0 atom stereocenters. The third kappa shape index (κ3) is 1.54. The van der Waals surface area contributed by atoms with Gasteiger partial charge in [-0.25, -0.2) is 9.97 Å². The molecule has 6 nitrogen and oxygen atoms in total. The number of aromatic nitrogens is 5. The zero-order valence-electron chi connectivity index (χ0n) is 7.88. The molecule has 2 aromatic rings. The van der Waals surface area contributed by atoms with Crippen LogP contribution in [-0.4, -0.2) is 32.1 Å². The number of hydrogen-bond donors (Lipinski definition) is 0. The van der Waals surface area contributed by atoms with Crippen LogP contribution in [0.25, 0.3) is 5.82 Å². The van der Waals surface area contributed by atoms with E-state index in [1.165, 1.54) is 11.0 Å². The first-order valence-corrected chi connectivity index (χ1v) is 4.05. The molecule has 2 aromatic heterocycles. The Balaban J connectivity index is 2.33. The second kappa shape index (κ2) is 3.41. The largest absolute Gasteiger partial charge is 0.480 e. The van der Waals surface area contributed by atoms with E-state index in [1.807, 2.05) is 6.92 Å². The van der Waals surface area contributed by atoms with Crippen LogP contribution in [0.2, 0.25) is 0 Å². The molecule has 0 radical (unpaired) electrons. The molecule has 2 heterocycles. The first kappa shape index (κ1) is 8.61. The number of methoxy groups -OCH3 is 1. The molecule has 6 heteroatoms. The van der Waals surface area contributed by atoms with Crippen molar-refractivity contribution in [2.24, 2.45) is 0 Å². The maximum Gasteiger partial charge on any atom is 0.232 e. The summed E-state index contributed by atoms with van der Waals surface area (Å²) in [5.41, 5.74) is 0.836. The minimum atomic E-state index is 0.470. The van der Waals surface area contributed by atoms with Gasteiger partial charge in [-0.2, -0.15) is 10.2 Å². The van der Waals surface area contributed by atoms with Crippen molar-refractivity contribution < 1.29 is 4.74 Å². The van der Waals surface area contributed by atoms with Gasteiger partial charge in [0.15, 0.2) is 5.82 Å². The van der Waals surface area contributed by atoms with Gasteiger partial charge in [0.2, 0.25) is 5.88 Å². The van der Waals surface area contributed by atoms with Crippen molar-refractivity contribution in [2.75, 3.05) is 7.11 Å². The molecular weight excluding hydrogens is 182 g/mol. The average Bonchev–Trinajstić information content (AvgIpc) is 2.65. The third-order valence-corrected chi connectivity index (χ3v) is 1.63. The molecule has 0 aliphatic heterocycles. The zero-order valence-corrected chi connectivity index (χ0v) is 7.88. The van der Waals surface area contributed by atoms with Gasteiger partial charge in [0.1, 0.15) is 0 Å². The topological polar surface area (TPSA) is 65.7 Å².